The predicted molar refractivity (Wildman–Crippen MR) is 102 cm³/mol. The highest BCUT2D eigenvalue weighted by molar-refractivity contribution is 6.67. The van der Waals surface area contributed by atoms with Crippen LogP contribution in [0.1, 0.15) is 46.5 Å². The molecule has 2 atom stereocenters. The minimum absolute atomic E-state index is 0.0551. The summed E-state index contributed by atoms with van der Waals surface area (Å²) in [4.78, 5) is 38.4. The number of nitrogens with zero attached hydrogens (tertiary/aromatic N) is 1. The molecule has 0 radical (unpaired) electrons. The van der Waals surface area contributed by atoms with E-state index >= 15 is 0 Å². The number of alkyl halides is 3. The van der Waals surface area contributed by atoms with Gasteiger partial charge in [-0.3, -0.25) is 19.3 Å². The smallest absolute Gasteiger partial charge is 0.257 e. The fraction of sp³-hybridized carbons (Fsp3) is 0.706. The van der Waals surface area contributed by atoms with Crippen LogP contribution in [0.15, 0.2) is 11.8 Å². The van der Waals surface area contributed by atoms with Crippen molar-refractivity contribution in [2.45, 2.75) is 62.3 Å². The van der Waals surface area contributed by atoms with Crippen molar-refractivity contribution in [3.63, 3.8) is 0 Å². The van der Waals surface area contributed by atoms with Gasteiger partial charge in [0, 0.05) is 12.5 Å². The quantitative estimate of drug-likeness (QED) is 0.603. The highest BCUT2D eigenvalue weighted by Crippen LogP contribution is 2.33. The first kappa shape index (κ1) is 23.1. The molecule has 0 aromatic carbocycles. The first-order valence-electron chi connectivity index (χ1n) is 8.48. The van der Waals surface area contributed by atoms with Gasteiger partial charge in [0.25, 0.3) is 11.8 Å². The van der Waals surface area contributed by atoms with Crippen LogP contribution in [-0.2, 0) is 19.1 Å². The van der Waals surface area contributed by atoms with Crippen LogP contribution in [-0.4, -0.2) is 45.6 Å². The van der Waals surface area contributed by atoms with Crippen LogP contribution in [0.25, 0.3) is 0 Å². The van der Waals surface area contributed by atoms with Crippen molar-refractivity contribution in [2.75, 3.05) is 7.11 Å². The van der Waals surface area contributed by atoms with Gasteiger partial charge in [0.05, 0.1) is 13.2 Å². The minimum Gasteiger partial charge on any atom is -0.499 e. The zero-order chi connectivity index (χ0) is 20.1. The third-order valence-corrected chi connectivity index (χ3v) is 4.55. The molecule has 1 rings (SSSR count). The van der Waals surface area contributed by atoms with Gasteiger partial charge in [-0.15, -0.1) is 0 Å². The number of amides is 3. The van der Waals surface area contributed by atoms with Gasteiger partial charge in [0.1, 0.15) is 11.8 Å². The fourth-order valence-corrected chi connectivity index (χ4v) is 3.05. The summed E-state index contributed by atoms with van der Waals surface area (Å²) in [5, 5.41) is 2.62. The molecule has 1 heterocycles. The Morgan fingerprint density at radius 1 is 1.35 bits per heavy atom. The highest BCUT2D eigenvalue weighted by Gasteiger charge is 2.41. The standard InChI is InChI=1S/C17H25Cl3N2O4/c1-5-14(23)21-11(6-7-17(18,19)20)16(25)22-12(8-10(2)3)13(26-4)9-15(22)24/h9-12H,5-8H2,1-4H3,(H,21,23). The Morgan fingerprint density at radius 3 is 2.42 bits per heavy atom. The maximum Gasteiger partial charge on any atom is 0.257 e. The van der Waals surface area contributed by atoms with Crippen molar-refractivity contribution in [3.8, 4) is 0 Å². The first-order chi connectivity index (χ1) is 12.0. The van der Waals surface area contributed by atoms with Gasteiger partial charge in [-0.2, -0.15) is 0 Å². The number of methoxy groups -OCH3 is 1. The molecule has 0 saturated carbocycles. The fourth-order valence-electron chi connectivity index (χ4n) is 2.72. The third kappa shape index (κ3) is 6.63. The SMILES string of the molecule is CCC(=O)NC(CCC(Cl)(Cl)Cl)C(=O)N1C(=O)C=C(OC)C1CC(C)C. The third-order valence-electron chi connectivity index (χ3n) is 3.98. The van der Waals surface area contributed by atoms with Gasteiger partial charge in [0.15, 0.2) is 3.79 Å². The second kappa shape index (κ2) is 9.81. The zero-order valence-corrected chi connectivity index (χ0v) is 17.6. The lowest BCUT2D eigenvalue weighted by atomic mass is 10.0. The van der Waals surface area contributed by atoms with Crippen LogP contribution in [0.3, 0.4) is 0 Å². The van der Waals surface area contributed by atoms with Crippen LogP contribution >= 0.6 is 34.8 Å². The summed E-state index contributed by atoms with van der Waals surface area (Å²) in [5.74, 6) is -0.662. The average Bonchev–Trinajstić information content (AvgIpc) is 2.84. The molecular formula is C17H25Cl3N2O4. The normalized spacial score (nSPS) is 18.8. The number of rotatable bonds is 8. The van der Waals surface area contributed by atoms with Crippen LogP contribution in [0.4, 0.5) is 0 Å². The molecule has 0 saturated heterocycles. The monoisotopic (exact) mass is 426 g/mol. The van der Waals surface area contributed by atoms with Gasteiger partial charge in [-0.25, -0.2) is 0 Å². The van der Waals surface area contributed by atoms with E-state index in [2.05, 4.69) is 5.32 Å². The maximum atomic E-state index is 13.0. The molecular weight excluding hydrogens is 403 g/mol. The Bertz CT molecular complexity index is 573. The molecule has 2 unspecified atom stereocenters. The number of nitrogens with one attached hydrogen (secondary N) is 1. The van der Waals surface area contributed by atoms with E-state index in [9.17, 15) is 14.4 Å². The largest absolute Gasteiger partial charge is 0.499 e. The average molecular weight is 428 g/mol. The highest BCUT2D eigenvalue weighted by atomic mass is 35.6. The van der Waals surface area contributed by atoms with Crippen molar-refractivity contribution in [3.05, 3.63) is 11.8 Å². The van der Waals surface area contributed by atoms with Crippen LogP contribution < -0.4 is 5.32 Å². The second-order valence-corrected chi connectivity index (χ2v) is 9.09. The summed E-state index contributed by atoms with van der Waals surface area (Å²) in [7, 11) is 1.46. The van der Waals surface area contributed by atoms with Gasteiger partial charge < -0.3 is 10.1 Å². The molecule has 0 aliphatic carbocycles. The molecule has 9 heteroatoms. The summed E-state index contributed by atoms with van der Waals surface area (Å²) >= 11 is 17.3. The lowest BCUT2D eigenvalue weighted by molar-refractivity contribution is -0.146. The van der Waals surface area contributed by atoms with Gasteiger partial charge in [-0.05, 0) is 25.2 Å². The maximum absolute atomic E-state index is 13.0. The molecule has 1 aliphatic rings. The number of ether oxygens (including phenoxy) is 1. The van der Waals surface area contributed by atoms with Gasteiger partial charge in [-0.1, -0.05) is 55.6 Å². The number of carbonyl (C=O) groups excluding carboxylic acids is 3. The number of hydrogen-bond acceptors (Lipinski definition) is 4. The van der Waals surface area contributed by atoms with E-state index in [1.165, 1.54) is 13.2 Å². The molecule has 0 aromatic rings. The van der Waals surface area contributed by atoms with Crippen LogP contribution in [0, 0.1) is 5.92 Å². The van der Waals surface area contributed by atoms with E-state index in [1.807, 2.05) is 13.8 Å². The first-order valence-corrected chi connectivity index (χ1v) is 9.62. The van der Waals surface area contributed by atoms with Crippen molar-refractivity contribution in [2.24, 2.45) is 5.92 Å². The Morgan fingerprint density at radius 2 is 1.96 bits per heavy atom. The molecule has 26 heavy (non-hydrogen) atoms. The molecule has 0 spiro atoms. The molecule has 148 valence electrons. The van der Waals surface area contributed by atoms with E-state index in [1.54, 1.807) is 6.92 Å². The second-order valence-electron chi connectivity index (χ2n) is 6.57. The Labute approximate surface area is 169 Å². The van der Waals surface area contributed by atoms with E-state index in [4.69, 9.17) is 39.5 Å². The molecule has 0 bridgehead atoms. The summed E-state index contributed by atoms with van der Waals surface area (Å²) in [6.07, 6.45) is 2.21. The summed E-state index contributed by atoms with van der Waals surface area (Å²) in [6.45, 7) is 5.63. The number of halogens is 3. The molecule has 3 amide bonds. The Kier molecular flexibility index (Phi) is 8.70. The summed E-state index contributed by atoms with van der Waals surface area (Å²) in [5.41, 5.74) is 0. The lowest BCUT2D eigenvalue weighted by Crippen LogP contribution is -2.52. The molecule has 0 fully saturated rings. The van der Waals surface area contributed by atoms with Crippen molar-refractivity contribution in [1.82, 2.24) is 10.2 Å². The Balaban J connectivity index is 3.05. The molecule has 1 N–H and O–H groups in total. The topological polar surface area (TPSA) is 75.7 Å². The minimum atomic E-state index is -1.56. The van der Waals surface area contributed by atoms with Crippen molar-refractivity contribution in [1.29, 1.82) is 0 Å². The summed E-state index contributed by atoms with van der Waals surface area (Å²) in [6, 6.07) is -1.46. The lowest BCUT2D eigenvalue weighted by Gasteiger charge is -2.30. The zero-order valence-electron chi connectivity index (χ0n) is 15.4. The van der Waals surface area contributed by atoms with E-state index < -0.39 is 27.7 Å². The van der Waals surface area contributed by atoms with E-state index in [0.717, 1.165) is 4.90 Å². The van der Waals surface area contributed by atoms with Gasteiger partial charge >= 0.3 is 0 Å². The van der Waals surface area contributed by atoms with Crippen molar-refractivity contribution >= 4 is 52.5 Å². The van der Waals surface area contributed by atoms with Crippen LogP contribution in [0.5, 0.6) is 0 Å². The number of imide groups is 1. The number of carbonyl (C=O) groups is 3. The van der Waals surface area contributed by atoms with Gasteiger partial charge in [0.2, 0.25) is 5.91 Å². The Hall–Kier alpha value is -0.980. The molecule has 0 aromatic heterocycles. The summed E-state index contributed by atoms with van der Waals surface area (Å²) < 4.78 is 3.71. The van der Waals surface area contributed by atoms with Crippen LogP contribution in [0.2, 0.25) is 0 Å². The molecule has 6 nitrogen and oxygen atoms in total. The van der Waals surface area contributed by atoms with E-state index in [-0.39, 0.29) is 31.1 Å². The molecule has 1 aliphatic heterocycles. The number of hydrogen-bond donors (Lipinski definition) is 1. The van der Waals surface area contributed by atoms with Crippen molar-refractivity contribution < 1.29 is 19.1 Å². The van der Waals surface area contributed by atoms with E-state index in [0.29, 0.717) is 12.2 Å². The predicted octanol–water partition coefficient (Wildman–Crippen LogP) is 3.35.